The molecule has 2 aliphatic rings. The number of aliphatic hydroxyl groups excluding tert-OH is 1. The third-order valence-electron chi connectivity index (χ3n) is 6.19. The molecule has 8 nitrogen and oxygen atoms in total. The van der Waals surface area contributed by atoms with Crippen molar-refractivity contribution in [2.24, 2.45) is 11.3 Å². The van der Waals surface area contributed by atoms with Crippen LogP contribution in [0.15, 0.2) is 30.3 Å². The standard InChI is InChI=1S/C24H34N2O6/c1-5-31-21(29)18-19(27)20(28)26(15-17-9-7-6-8-10-17)24(18)11-13-25(14-12-24)22(30)32-16-23(2,3)4/h6-10,18-19,27H,5,11-16H2,1-4H3/t18-,19+/m0/s1. The van der Waals surface area contributed by atoms with E-state index in [1.165, 1.54) is 0 Å². The zero-order valence-electron chi connectivity index (χ0n) is 19.4. The van der Waals surface area contributed by atoms with Crippen LogP contribution in [0.1, 0.15) is 46.1 Å². The summed E-state index contributed by atoms with van der Waals surface area (Å²) in [5.41, 5.74) is -0.154. The van der Waals surface area contributed by atoms with Crippen molar-refractivity contribution < 1.29 is 29.0 Å². The molecule has 2 fully saturated rings. The highest BCUT2D eigenvalue weighted by Gasteiger charge is 2.62. The van der Waals surface area contributed by atoms with Crippen LogP contribution in [0.4, 0.5) is 4.79 Å². The largest absolute Gasteiger partial charge is 0.466 e. The van der Waals surface area contributed by atoms with Gasteiger partial charge >= 0.3 is 12.1 Å². The molecule has 8 heteroatoms. The molecule has 1 aromatic rings. The number of piperidine rings is 1. The van der Waals surface area contributed by atoms with Crippen molar-refractivity contribution in [1.82, 2.24) is 9.80 Å². The van der Waals surface area contributed by atoms with Gasteiger partial charge in [0.05, 0.1) is 18.8 Å². The maximum absolute atomic E-state index is 13.1. The lowest BCUT2D eigenvalue weighted by Crippen LogP contribution is -2.58. The fourth-order valence-electron chi connectivity index (χ4n) is 4.59. The molecule has 0 aliphatic carbocycles. The number of carbonyl (C=O) groups is 3. The van der Waals surface area contributed by atoms with Crippen molar-refractivity contribution in [1.29, 1.82) is 0 Å². The number of hydrogen-bond donors (Lipinski definition) is 1. The Kier molecular flexibility index (Phi) is 7.12. The van der Waals surface area contributed by atoms with Crippen molar-refractivity contribution in [2.45, 2.75) is 58.7 Å². The molecule has 2 atom stereocenters. The molecule has 0 radical (unpaired) electrons. The number of ether oxygens (including phenoxy) is 2. The minimum absolute atomic E-state index is 0.143. The molecule has 2 saturated heterocycles. The van der Waals surface area contributed by atoms with Gasteiger partial charge in [-0.3, -0.25) is 9.59 Å². The second kappa shape index (κ2) is 9.48. The zero-order chi connectivity index (χ0) is 23.5. The highest BCUT2D eigenvalue weighted by atomic mass is 16.6. The monoisotopic (exact) mass is 446 g/mol. The number of rotatable bonds is 5. The Labute approximate surface area is 189 Å². The van der Waals surface area contributed by atoms with E-state index in [9.17, 15) is 19.5 Å². The van der Waals surface area contributed by atoms with Crippen LogP contribution in [0.5, 0.6) is 0 Å². The van der Waals surface area contributed by atoms with Gasteiger partial charge in [0.15, 0.2) is 0 Å². The molecule has 2 amide bonds. The molecule has 1 aromatic carbocycles. The molecular formula is C24H34N2O6. The Morgan fingerprint density at radius 3 is 2.31 bits per heavy atom. The number of esters is 1. The summed E-state index contributed by atoms with van der Waals surface area (Å²) in [6.07, 6.45) is -1.15. The summed E-state index contributed by atoms with van der Waals surface area (Å²) in [6, 6.07) is 9.47. The van der Waals surface area contributed by atoms with E-state index in [0.29, 0.717) is 32.5 Å². The van der Waals surface area contributed by atoms with Gasteiger partial charge in [-0.15, -0.1) is 0 Å². The summed E-state index contributed by atoms with van der Waals surface area (Å²) in [4.78, 5) is 41.7. The molecule has 2 heterocycles. The first kappa shape index (κ1) is 24.0. The highest BCUT2D eigenvalue weighted by molar-refractivity contribution is 5.93. The summed E-state index contributed by atoms with van der Waals surface area (Å²) >= 11 is 0. The maximum atomic E-state index is 13.1. The number of likely N-dealkylation sites (tertiary alicyclic amines) is 2. The summed E-state index contributed by atoms with van der Waals surface area (Å²) in [5.74, 6) is -2.05. The van der Waals surface area contributed by atoms with E-state index in [2.05, 4.69) is 0 Å². The molecule has 176 valence electrons. The fraction of sp³-hybridized carbons (Fsp3) is 0.625. The van der Waals surface area contributed by atoms with Gasteiger partial charge in [0.1, 0.15) is 12.0 Å². The Bertz CT molecular complexity index is 827. The van der Waals surface area contributed by atoms with E-state index in [4.69, 9.17) is 9.47 Å². The molecular weight excluding hydrogens is 412 g/mol. The average molecular weight is 447 g/mol. The van der Waals surface area contributed by atoms with Gasteiger partial charge in [-0.1, -0.05) is 51.1 Å². The zero-order valence-corrected chi connectivity index (χ0v) is 19.4. The van der Waals surface area contributed by atoms with Gasteiger partial charge in [-0.05, 0) is 30.7 Å². The van der Waals surface area contributed by atoms with Crippen LogP contribution < -0.4 is 0 Å². The quantitative estimate of drug-likeness (QED) is 0.699. The minimum atomic E-state index is -1.46. The number of aliphatic hydroxyl groups is 1. The smallest absolute Gasteiger partial charge is 0.409 e. The molecule has 1 N–H and O–H groups in total. The number of carbonyl (C=O) groups excluding carboxylic acids is 3. The predicted molar refractivity (Wildman–Crippen MR) is 117 cm³/mol. The van der Waals surface area contributed by atoms with E-state index in [-0.39, 0.29) is 18.6 Å². The molecule has 0 saturated carbocycles. The Morgan fingerprint density at radius 1 is 1.12 bits per heavy atom. The molecule has 0 unspecified atom stereocenters. The lowest BCUT2D eigenvalue weighted by atomic mass is 9.76. The summed E-state index contributed by atoms with van der Waals surface area (Å²) in [7, 11) is 0. The normalized spacial score (nSPS) is 22.8. The topological polar surface area (TPSA) is 96.4 Å². The van der Waals surface area contributed by atoms with Crippen molar-refractivity contribution in [3.63, 3.8) is 0 Å². The fourth-order valence-corrected chi connectivity index (χ4v) is 4.59. The summed E-state index contributed by atoms with van der Waals surface area (Å²) in [5, 5.41) is 10.8. The highest BCUT2D eigenvalue weighted by Crippen LogP contribution is 2.45. The third-order valence-corrected chi connectivity index (χ3v) is 6.19. The van der Waals surface area contributed by atoms with Crippen LogP contribution in [0.2, 0.25) is 0 Å². The lowest BCUT2D eigenvalue weighted by Gasteiger charge is -2.46. The molecule has 1 spiro atoms. The predicted octanol–water partition coefficient (Wildman–Crippen LogP) is 2.59. The molecule has 32 heavy (non-hydrogen) atoms. The van der Waals surface area contributed by atoms with Gasteiger partial charge in [0.2, 0.25) is 0 Å². The van der Waals surface area contributed by atoms with E-state index in [0.717, 1.165) is 5.56 Å². The lowest BCUT2D eigenvalue weighted by molar-refractivity contribution is -0.156. The number of hydrogen-bond acceptors (Lipinski definition) is 6. The SMILES string of the molecule is CCOC(=O)[C@@H]1[C@@H](O)C(=O)N(Cc2ccccc2)C12CCN(C(=O)OCC(C)(C)C)CC2. The Hall–Kier alpha value is -2.61. The molecule has 2 aliphatic heterocycles. The minimum Gasteiger partial charge on any atom is -0.466 e. The Morgan fingerprint density at radius 2 is 1.75 bits per heavy atom. The third kappa shape index (κ3) is 4.90. The molecule has 0 aromatic heterocycles. The van der Waals surface area contributed by atoms with E-state index in [1.54, 1.807) is 16.7 Å². The second-order valence-electron chi connectivity index (χ2n) is 9.79. The van der Waals surface area contributed by atoms with Gasteiger partial charge in [0, 0.05) is 19.6 Å². The first-order chi connectivity index (χ1) is 15.1. The van der Waals surface area contributed by atoms with Crippen LogP contribution in [0.25, 0.3) is 0 Å². The van der Waals surface area contributed by atoms with Crippen LogP contribution in [0, 0.1) is 11.3 Å². The molecule has 0 bridgehead atoms. The van der Waals surface area contributed by atoms with Crippen LogP contribution in [-0.2, 0) is 25.6 Å². The van der Waals surface area contributed by atoms with E-state index >= 15 is 0 Å². The van der Waals surface area contributed by atoms with Gasteiger partial charge in [-0.25, -0.2) is 4.79 Å². The maximum Gasteiger partial charge on any atom is 0.409 e. The van der Waals surface area contributed by atoms with Crippen LogP contribution >= 0.6 is 0 Å². The first-order valence-corrected chi connectivity index (χ1v) is 11.2. The van der Waals surface area contributed by atoms with Gasteiger partial charge in [-0.2, -0.15) is 0 Å². The number of amides is 2. The van der Waals surface area contributed by atoms with Crippen LogP contribution in [0.3, 0.4) is 0 Å². The second-order valence-corrected chi connectivity index (χ2v) is 9.79. The van der Waals surface area contributed by atoms with Gasteiger partial charge in [0.25, 0.3) is 5.91 Å². The number of nitrogens with zero attached hydrogens (tertiary/aromatic N) is 2. The summed E-state index contributed by atoms with van der Waals surface area (Å²) in [6.45, 7) is 9.05. The van der Waals surface area contributed by atoms with Gasteiger partial charge < -0.3 is 24.4 Å². The van der Waals surface area contributed by atoms with E-state index in [1.807, 2.05) is 51.1 Å². The average Bonchev–Trinajstić information content (AvgIpc) is 2.94. The van der Waals surface area contributed by atoms with E-state index < -0.39 is 35.5 Å². The molecule has 3 rings (SSSR count). The Balaban J connectivity index is 1.83. The van der Waals surface area contributed by atoms with Crippen LogP contribution in [-0.4, -0.2) is 70.8 Å². The van der Waals surface area contributed by atoms with Crippen molar-refractivity contribution in [2.75, 3.05) is 26.3 Å². The first-order valence-electron chi connectivity index (χ1n) is 11.2. The van der Waals surface area contributed by atoms with Crippen molar-refractivity contribution in [3.8, 4) is 0 Å². The van der Waals surface area contributed by atoms with Crippen molar-refractivity contribution >= 4 is 18.0 Å². The summed E-state index contributed by atoms with van der Waals surface area (Å²) < 4.78 is 10.7. The number of benzene rings is 1. The van der Waals surface area contributed by atoms with Crippen molar-refractivity contribution in [3.05, 3.63) is 35.9 Å².